The van der Waals surface area contributed by atoms with E-state index in [1.165, 1.54) is 161 Å². The molecule has 62 heavy (non-hydrogen) atoms. The molecule has 0 bridgehead atoms. The van der Waals surface area contributed by atoms with Crippen LogP contribution < -0.4 is 0 Å². The molecule has 2 unspecified atom stereocenters. The van der Waals surface area contributed by atoms with Crippen LogP contribution in [-0.4, -0.2) is 42.8 Å². The molecule has 0 spiro atoms. The van der Waals surface area contributed by atoms with Crippen molar-refractivity contribution in [2.75, 3.05) is 19.8 Å². The minimum absolute atomic E-state index is 0.00188. The van der Waals surface area contributed by atoms with Crippen molar-refractivity contribution in [1.82, 2.24) is 0 Å². The number of esters is 2. The molecule has 362 valence electrons. The summed E-state index contributed by atoms with van der Waals surface area (Å²) in [5.41, 5.74) is 0. The molecule has 0 aromatic carbocycles. The topological polar surface area (TPSA) is 108 Å². The predicted molar refractivity (Wildman–Crippen MR) is 262 cm³/mol. The van der Waals surface area contributed by atoms with Crippen LogP contribution in [0.5, 0.6) is 0 Å². The quantitative estimate of drug-likeness (QED) is 0.0278. The van der Waals surface area contributed by atoms with Crippen molar-refractivity contribution in [3.63, 3.8) is 0 Å². The number of phosphoric acid groups is 1. The summed E-state index contributed by atoms with van der Waals surface area (Å²) in [5.74, 6) is -0.801. The zero-order valence-electron chi connectivity index (χ0n) is 40.5. The number of ether oxygens (including phenoxy) is 2. The number of unbranched alkanes of at least 4 members (excludes halogenated alkanes) is 28. The lowest BCUT2D eigenvalue weighted by Crippen LogP contribution is -2.29. The first-order valence-corrected chi connectivity index (χ1v) is 27.4. The summed E-state index contributed by atoms with van der Waals surface area (Å²) in [7, 11) is -4.29. The Morgan fingerprint density at radius 2 is 0.774 bits per heavy atom. The zero-order chi connectivity index (χ0) is 45.3. The van der Waals surface area contributed by atoms with Gasteiger partial charge < -0.3 is 14.4 Å². The highest BCUT2D eigenvalue weighted by atomic mass is 31.2. The molecule has 0 aromatic heterocycles. The van der Waals surface area contributed by atoms with E-state index in [0.717, 1.165) is 51.4 Å². The first-order chi connectivity index (χ1) is 30.3. The van der Waals surface area contributed by atoms with E-state index in [-0.39, 0.29) is 32.0 Å². The maximum atomic E-state index is 12.6. The molecule has 0 heterocycles. The molecule has 0 amide bonds. The van der Waals surface area contributed by atoms with Crippen molar-refractivity contribution in [2.24, 2.45) is 0 Å². The lowest BCUT2D eigenvalue weighted by Gasteiger charge is -2.19. The molecule has 0 saturated carbocycles. The van der Waals surface area contributed by atoms with E-state index in [1.54, 1.807) is 6.92 Å². The predicted octanol–water partition coefficient (Wildman–Crippen LogP) is 16.9. The number of carbonyl (C=O) groups excluding carboxylic acids is 2. The zero-order valence-corrected chi connectivity index (χ0v) is 41.4. The summed E-state index contributed by atoms with van der Waals surface area (Å²) in [4.78, 5) is 34.9. The van der Waals surface area contributed by atoms with Crippen molar-refractivity contribution >= 4 is 19.8 Å². The first kappa shape index (κ1) is 60.0. The van der Waals surface area contributed by atoms with Crippen LogP contribution in [0.15, 0.2) is 48.6 Å². The number of hydrogen-bond donors (Lipinski definition) is 1. The Labute approximate surface area is 382 Å². The van der Waals surface area contributed by atoms with E-state index in [9.17, 15) is 19.0 Å². The highest BCUT2D eigenvalue weighted by Gasteiger charge is 2.25. The minimum atomic E-state index is -4.29. The fourth-order valence-electron chi connectivity index (χ4n) is 7.28. The molecule has 0 aliphatic heterocycles. The van der Waals surface area contributed by atoms with E-state index in [1.807, 2.05) is 0 Å². The summed E-state index contributed by atoms with van der Waals surface area (Å²) >= 11 is 0. The van der Waals surface area contributed by atoms with Gasteiger partial charge in [-0.3, -0.25) is 18.6 Å². The summed E-state index contributed by atoms with van der Waals surface area (Å²) in [6.45, 7) is 5.48. The van der Waals surface area contributed by atoms with Gasteiger partial charge in [-0.25, -0.2) is 4.57 Å². The molecule has 9 heteroatoms. The SMILES string of the molecule is CCCCCCC/C=C\C/C=C\CCCCCCCCCCCC(=O)OCC(COP(=O)(O)OCC)OC(=O)CCCCCCCCCCC/C=C\C/C=C\CCCCCCC. The molecule has 0 saturated heterocycles. The number of allylic oxidation sites excluding steroid dienone is 8. The highest BCUT2D eigenvalue weighted by Crippen LogP contribution is 2.43. The maximum Gasteiger partial charge on any atom is 0.472 e. The summed E-state index contributed by atoms with van der Waals surface area (Å²) < 4.78 is 32.8. The fraction of sp³-hybridized carbons (Fsp3) is 0.811. The minimum Gasteiger partial charge on any atom is -0.462 e. The number of rotatable bonds is 48. The van der Waals surface area contributed by atoms with Crippen LogP contribution in [0.25, 0.3) is 0 Å². The van der Waals surface area contributed by atoms with Gasteiger partial charge in [-0.1, -0.05) is 204 Å². The van der Waals surface area contributed by atoms with Crippen molar-refractivity contribution in [3.8, 4) is 0 Å². The summed E-state index contributed by atoms with van der Waals surface area (Å²) in [6.07, 6.45) is 58.8. The van der Waals surface area contributed by atoms with Gasteiger partial charge in [0.25, 0.3) is 0 Å². The van der Waals surface area contributed by atoms with Crippen molar-refractivity contribution < 1.29 is 37.6 Å². The van der Waals surface area contributed by atoms with Crippen LogP contribution in [0.3, 0.4) is 0 Å². The second-order valence-corrected chi connectivity index (χ2v) is 18.6. The maximum absolute atomic E-state index is 12.6. The fourth-order valence-corrected chi connectivity index (χ4v) is 8.04. The van der Waals surface area contributed by atoms with Crippen LogP contribution >= 0.6 is 7.82 Å². The molecular formula is C53H97O8P. The molecule has 0 aliphatic carbocycles. The van der Waals surface area contributed by atoms with Gasteiger partial charge in [-0.05, 0) is 84.0 Å². The van der Waals surface area contributed by atoms with Crippen molar-refractivity contribution in [3.05, 3.63) is 48.6 Å². The van der Waals surface area contributed by atoms with Gasteiger partial charge in [-0.2, -0.15) is 0 Å². The molecular weight excluding hydrogens is 796 g/mol. The smallest absolute Gasteiger partial charge is 0.462 e. The normalized spacial score (nSPS) is 13.5. The molecule has 8 nitrogen and oxygen atoms in total. The van der Waals surface area contributed by atoms with Gasteiger partial charge in [0, 0.05) is 12.8 Å². The second-order valence-electron chi connectivity index (χ2n) is 17.2. The Hall–Kier alpha value is -1.99. The Kier molecular flexibility index (Phi) is 46.9. The molecule has 0 radical (unpaired) electrons. The van der Waals surface area contributed by atoms with E-state index < -0.39 is 26.5 Å². The summed E-state index contributed by atoms with van der Waals surface area (Å²) in [5, 5.41) is 0. The van der Waals surface area contributed by atoms with Crippen molar-refractivity contribution in [2.45, 2.75) is 258 Å². The lowest BCUT2D eigenvalue weighted by molar-refractivity contribution is -0.161. The molecule has 0 rings (SSSR count). The third-order valence-corrected chi connectivity index (χ3v) is 12.2. The van der Waals surface area contributed by atoms with Crippen molar-refractivity contribution in [1.29, 1.82) is 0 Å². The lowest BCUT2D eigenvalue weighted by atomic mass is 10.1. The van der Waals surface area contributed by atoms with Gasteiger partial charge in [0.1, 0.15) is 6.61 Å². The molecule has 0 aliphatic rings. The molecule has 0 aromatic rings. The van der Waals surface area contributed by atoms with Gasteiger partial charge in [0.2, 0.25) is 0 Å². The van der Waals surface area contributed by atoms with Crippen LogP contribution in [0.4, 0.5) is 0 Å². The van der Waals surface area contributed by atoms with Crippen LogP contribution in [-0.2, 0) is 32.7 Å². The molecule has 2 atom stereocenters. The average Bonchev–Trinajstić information content (AvgIpc) is 3.25. The Bertz CT molecular complexity index is 1150. The highest BCUT2D eigenvalue weighted by molar-refractivity contribution is 7.47. The Balaban J connectivity index is 3.99. The van der Waals surface area contributed by atoms with Gasteiger partial charge >= 0.3 is 19.8 Å². The van der Waals surface area contributed by atoms with E-state index in [4.69, 9.17) is 18.5 Å². The number of hydrogen-bond acceptors (Lipinski definition) is 7. The Morgan fingerprint density at radius 1 is 0.435 bits per heavy atom. The van der Waals surface area contributed by atoms with E-state index >= 15 is 0 Å². The molecule has 1 N–H and O–H groups in total. The van der Waals surface area contributed by atoms with E-state index in [0.29, 0.717) is 6.42 Å². The third-order valence-electron chi connectivity index (χ3n) is 11.1. The van der Waals surface area contributed by atoms with Crippen LogP contribution in [0.1, 0.15) is 252 Å². The third kappa shape index (κ3) is 47.5. The molecule has 0 fully saturated rings. The van der Waals surface area contributed by atoms with Gasteiger partial charge in [-0.15, -0.1) is 0 Å². The standard InChI is InChI=1S/C53H97O8P/c1-4-7-9-11-13-15-17-19-21-23-25-27-29-31-33-35-37-39-41-43-45-47-52(54)58-49-51(50-60-62(56,57)59-6-3)61-53(55)48-46-44-42-40-38-36-34-32-30-28-26-24-22-20-18-16-14-12-10-8-5-2/h17-20,23-26,51H,4-16,21-22,27-50H2,1-3H3,(H,56,57)/b19-17-,20-18-,25-23-,26-24-. The summed E-state index contributed by atoms with van der Waals surface area (Å²) in [6, 6.07) is 0. The van der Waals surface area contributed by atoms with Crippen LogP contribution in [0, 0.1) is 0 Å². The second kappa shape index (κ2) is 48.5. The largest absolute Gasteiger partial charge is 0.472 e. The van der Waals surface area contributed by atoms with Crippen LogP contribution in [0.2, 0.25) is 0 Å². The Morgan fingerprint density at radius 3 is 1.15 bits per heavy atom. The van der Waals surface area contributed by atoms with E-state index in [2.05, 4.69) is 62.5 Å². The van der Waals surface area contributed by atoms with Gasteiger partial charge in [0.15, 0.2) is 6.10 Å². The number of phosphoric ester groups is 1. The first-order valence-electron chi connectivity index (χ1n) is 25.9. The average molecular weight is 893 g/mol. The van der Waals surface area contributed by atoms with Gasteiger partial charge in [0.05, 0.1) is 13.2 Å². The number of carbonyl (C=O) groups is 2. The monoisotopic (exact) mass is 893 g/mol.